The summed E-state index contributed by atoms with van der Waals surface area (Å²) in [5.74, 6) is 0.481. The molecular formula is C2H6N8O3Pb. The van der Waals surface area contributed by atoms with E-state index in [1.54, 1.807) is 0 Å². The van der Waals surface area contributed by atoms with Gasteiger partial charge in [-0.25, -0.2) is 0 Å². The predicted octanol–water partition coefficient (Wildman–Crippen LogP) is -5.22. The molecule has 0 aliphatic heterocycles. The van der Waals surface area contributed by atoms with E-state index < -0.39 is 0 Å². The van der Waals surface area contributed by atoms with Crippen LogP contribution in [0.15, 0.2) is 0 Å². The number of nitrogens with zero attached hydrogens (tertiary/aromatic N) is 8. The molecule has 14 heavy (non-hydrogen) atoms. The van der Waals surface area contributed by atoms with Crippen molar-refractivity contribution in [1.29, 1.82) is 0 Å². The molecule has 0 aliphatic rings. The number of rotatable bonds is 1. The minimum absolute atomic E-state index is 0. The fourth-order valence-electron chi connectivity index (χ4n) is 0.468. The van der Waals surface area contributed by atoms with Crippen molar-refractivity contribution in [2.24, 2.45) is 0 Å². The van der Waals surface area contributed by atoms with Gasteiger partial charge in [0.15, 0.2) is 0 Å². The maximum Gasteiger partial charge on any atom is 2.00 e. The summed E-state index contributed by atoms with van der Waals surface area (Å²) in [6.45, 7) is 0. The van der Waals surface area contributed by atoms with Crippen LogP contribution in [0.25, 0.3) is 11.6 Å². The fourth-order valence-corrected chi connectivity index (χ4v) is 0.468. The monoisotopic (exact) mass is 398 g/mol. The van der Waals surface area contributed by atoms with Crippen LogP contribution in [0.5, 0.6) is 0 Å². The van der Waals surface area contributed by atoms with Crippen LogP contribution in [0.2, 0.25) is 0 Å². The van der Waals surface area contributed by atoms with Crippen LogP contribution in [-0.2, 0) is 0 Å². The Kier molecular flexibility index (Phi) is 11.4. The molecule has 2 aromatic rings. The minimum Gasteiger partial charge on any atom is -0.412 e. The second kappa shape index (κ2) is 8.54. The predicted molar refractivity (Wildman–Crippen MR) is 41.9 cm³/mol. The van der Waals surface area contributed by atoms with Crippen molar-refractivity contribution in [3.05, 3.63) is 0 Å². The van der Waals surface area contributed by atoms with Gasteiger partial charge >= 0.3 is 27.3 Å². The van der Waals surface area contributed by atoms with Gasteiger partial charge in [0.1, 0.15) is 0 Å². The van der Waals surface area contributed by atoms with Crippen LogP contribution in [0, 0.1) is 0 Å². The Morgan fingerprint density at radius 3 is 1.29 bits per heavy atom. The van der Waals surface area contributed by atoms with Crippen LogP contribution in [0.1, 0.15) is 0 Å². The van der Waals surface area contributed by atoms with Crippen molar-refractivity contribution in [2.75, 3.05) is 0 Å². The third-order valence-electron chi connectivity index (χ3n) is 0.838. The summed E-state index contributed by atoms with van der Waals surface area (Å²) in [6.07, 6.45) is 0. The molecule has 0 spiro atoms. The molecule has 0 unspecified atom stereocenters. The van der Waals surface area contributed by atoms with Gasteiger partial charge in [0.2, 0.25) is 0 Å². The van der Waals surface area contributed by atoms with Crippen LogP contribution in [-0.4, -0.2) is 74.8 Å². The van der Waals surface area contributed by atoms with E-state index >= 15 is 0 Å². The minimum atomic E-state index is 0. The Hall–Kier alpha value is -1.06. The van der Waals surface area contributed by atoms with Gasteiger partial charge in [-0.05, 0) is 0 Å². The van der Waals surface area contributed by atoms with E-state index in [1.807, 2.05) is 0 Å². The molecule has 12 heteroatoms. The smallest absolute Gasteiger partial charge is 0.412 e. The van der Waals surface area contributed by atoms with E-state index in [0.717, 1.165) is 0 Å². The summed E-state index contributed by atoms with van der Waals surface area (Å²) in [5, 5.41) is 26.9. The van der Waals surface area contributed by atoms with Crippen molar-refractivity contribution in [3.8, 4) is 11.6 Å². The molecule has 0 saturated heterocycles. The van der Waals surface area contributed by atoms with Gasteiger partial charge in [-0.3, -0.25) is 20.6 Å². The molecule has 0 atom stereocenters. The van der Waals surface area contributed by atoms with Crippen molar-refractivity contribution < 1.29 is 16.4 Å². The summed E-state index contributed by atoms with van der Waals surface area (Å²) < 4.78 is 0. The van der Waals surface area contributed by atoms with E-state index in [4.69, 9.17) is 0 Å². The molecular weight excluding hydrogens is 391 g/mol. The molecule has 2 rings (SSSR count). The summed E-state index contributed by atoms with van der Waals surface area (Å²) in [7, 11) is 0. The average Bonchev–Trinajstić information content (AvgIpc) is 2.59. The van der Waals surface area contributed by atoms with Crippen molar-refractivity contribution in [2.45, 2.75) is 0 Å². The first kappa shape index (κ1) is 18.7. The van der Waals surface area contributed by atoms with Gasteiger partial charge in [-0.2, -0.15) is 10.4 Å². The molecule has 0 saturated carbocycles. The number of hydrogen-bond donors (Lipinski definition) is 0. The van der Waals surface area contributed by atoms with E-state index in [-0.39, 0.29) is 55.4 Å². The number of aromatic nitrogens is 8. The maximum absolute atomic E-state index is 3.48. The Labute approximate surface area is 96.8 Å². The van der Waals surface area contributed by atoms with E-state index in [1.165, 1.54) is 0 Å². The maximum atomic E-state index is 3.48. The molecule has 76 valence electrons. The second-order valence-electron chi connectivity index (χ2n) is 1.40. The molecule has 0 aliphatic carbocycles. The van der Waals surface area contributed by atoms with Crippen LogP contribution < -0.4 is 10.2 Å². The van der Waals surface area contributed by atoms with Crippen molar-refractivity contribution in [3.63, 3.8) is 0 Å². The normalized spacial score (nSPS) is 7.14. The molecule has 6 N–H and O–H groups in total. The van der Waals surface area contributed by atoms with Gasteiger partial charge in [0.25, 0.3) is 0 Å². The zero-order chi connectivity index (χ0) is 6.81. The van der Waals surface area contributed by atoms with Crippen molar-refractivity contribution >= 4 is 27.3 Å². The van der Waals surface area contributed by atoms with Gasteiger partial charge in [0, 0.05) is 11.6 Å². The number of hydrogen-bond acceptors (Lipinski definition) is 6. The van der Waals surface area contributed by atoms with Crippen LogP contribution in [0.4, 0.5) is 0 Å². The van der Waals surface area contributed by atoms with Crippen LogP contribution in [0.3, 0.4) is 0 Å². The molecule has 2 radical (unpaired) electrons. The standard InChI is InChI=1S/C2N8.3H2O.Pb/c3-1(4-8-7-3)2-5-9-10-6-2;;;;/h;3*1H2;/q-2;;;;+2. The Bertz CT molecular complexity index is 262. The van der Waals surface area contributed by atoms with Gasteiger partial charge in [-0.15, -0.1) is 0 Å². The van der Waals surface area contributed by atoms with Gasteiger partial charge in [0.05, 0.1) is 0 Å². The summed E-state index contributed by atoms with van der Waals surface area (Å²) >= 11 is 0. The molecule has 11 nitrogen and oxygen atoms in total. The summed E-state index contributed by atoms with van der Waals surface area (Å²) in [5.41, 5.74) is 0. The zero-order valence-electron chi connectivity index (χ0n) is 6.58. The number of tetrazole rings is 2. The van der Waals surface area contributed by atoms with E-state index in [2.05, 4.69) is 41.2 Å². The average molecular weight is 397 g/mol. The first-order valence-corrected chi connectivity index (χ1v) is 2.34. The quantitative estimate of drug-likeness (QED) is 0.425. The zero-order valence-corrected chi connectivity index (χ0v) is 10.5. The van der Waals surface area contributed by atoms with Gasteiger partial charge < -0.3 is 26.6 Å². The molecule has 2 aromatic heterocycles. The van der Waals surface area contributed by atoms with E-state index in [0.29, 0.717) is 0 Å². The van der Waals surface area contributed by atoms with E-state index in [9.17, 15) is 0 Å². The Morgan fingerprint density at radius 1 is 0.714 bits per heavy atom. The molecule has 2 heterocycles. The molecule has 0 amide bonds. The SMILES string of the molecule is O.O.O.[Pb+2].n1n[n-]c(-c2nnn[n-]2)n1. The fraction of sp³-hybridized carbons (Fsp3) is 0. The topological polar surface area (TPSA) is 200 Å². The molecule has 0 bridgehead atoms. The first-order chi connectivity index (χ1) is 4.97. The van der Waals surface area contributed by atoms with Gasteiger partial charge in [-0.1, -0.05) is 0 Å². The Morgan fingerprint density at radius 2 is 1.07 bits per heavy atom. The third kappa shape index (κ3) is 3.77. The summed E-state index contributed by atoms with van der Waals surface area (Å²) in [6, 6.07) is 0. The Balaban J connectivity index is -0.000000302. The third-order valence-corrected chi connectivity index (χ3v) is 0.838. The molecule has 0 aromatic carbocycles. The van der Waals surface area contributed by atoms with Crippen LogP contribution >= 0.6 is 0 Å². The first-order valence-electron chi connectivity index (χ1n) is 2.34. The summed E-state index contributed by atoms with van der Waals surface area (Å²) in [4.78, 5) is 0. The largest absolute Gasteiger partial charge is 2.00 e. The molecule has 0 fully saturated rings. The second-order valence-corrected chi connectivity index (χ2v) is 1.40. The van der Waals surface area contributed by atoms with Crippen molar-refractivity contribution in [1.82, 2.24) is 41.2 Å².